The highest BCUT2D eigenvalue weighted by atomic mass is 16.5. The summed E-state index contributed by atoms with van der Waals surface area (Å²) in [6.07, 6.45) is 1.16. The van der Waals surface area contributed by atoms with Gasteiger partial charge in [-0.05, 0) is 18.6 Å². The third kappa shape index (κ3) is 3.48. The zero-order valence-electron chi connectivity index (χ0n) is 9.82. The van der Waals surface area contributed by atoms with Crippen molar-refractivity contribution < 1.29 is 19.4 Å². The van der Waals surface area contributed by atoms with E-state index in [1.807, 2.05) is 6.92 Å². The van der Waals surface area contributed by atoms with Crippen LogP contribution in [-0.4, -0.2) is 24.1 Å². The Hall–Kier alpha value is -2.04. The van der Waals surface area contributed by atoms with Crippen LogP contribution >= 0.6 is 0 Å². The van der Waals surface area contributed by atoms with Gasteiger partial charge in [0.1, 0.15) is 11.3 Å². The van der Waals surface area contributed by atoms with Gasteiger partial charge in [0.15, 0.2) is 0 Å². The van der Waals surface area contributed by atoms with Crippen molar-refractivity contribution in [1.29, 1.82) is 0 Å². The zero-order valence-corrected chi connectivity index (χ0v) is 9.82. The Bertz CT molecular complexity index is 429. The van der Waals surface area contributed by atoms with Gasteiger partial charge in [-0.2, -0.15) is 0 Å². The highest BCUT2D eigenvalue weighted by molar-refractivity contribution is 5.95. The maximum atomic E-state index is 11.3. The van der Waals surface area contributed by atoms with Crippen LogP contribution in [0.15, 0.2) is 18.2 Å². The lowest BCUT2D eigenvalue weighted by atomic mass is 10.2. The summed E-state index contributed by atoms with van der Waals surface area (Å²) in [7, 11) is 1.23. The Kier molecular flexibility index (Phi) is 4.51. The summed E-state index contributed by atoms with van der Waals surface area (Å²) in [4.78, 5) is 22.5. The van der Waals surface area contributed by atoms with Crippen molar-refractivity contribution in [3.8, 4) is 5.75 Å². The van der Waals surface area contributed by atoms with Crippen molar-refractivity contribution in [2.24, 2.45) is 0 Å². The van der Waals surface area contributed by atoms with Gasteiger partial charge in [-0.3, -0.25) is 4.79 Å². The number of phenolic OH excluding ortho intramolecular Hbond substituents is 1. The highest BCUT2D eigenvalue weighted by Gasteiger charge is 2.12. The number of amides is 1. The first-order valence-electron chi connectivity index (χ1n) is 5.29. The highest BCUT2D eigenvalue weighted by Crippen LogP contribution is 2.22. The first-order valence-corrected chi connectivity index (χ1v) is 5.29. The van der Waals surface area contributed by atoms with Gasteiger partial charge in [-0.25, -0.2) is 4.79 Å². The summed E-state index contributed by atoms with van der Waals surface area (Å²) >= 11 is 0. The molecular formula is C12H15NO4. The van der Waals surface area contributed by atoms with E-state index in [1.54, 1.807) is 6.07 Å². The van der Waals surface area contributed by atoms with Crippen LogP contribution in [-0.2, 0) is 9.53 Å². The lowest BCUT2D eigenvalue weighted by molar-refractivity contribution is -0.116. The molecule has 1 amide bonds. The Morgan fingerprint density at radius 2 is 2.12 bits per heavy atom. The second-order valence-electron chi connectivity index (χ2n) is 3.52. The van der Waals surface area contributed by atoms with Crippen molar-refractivity contribution in [2.75, 3.05) is 12.4 Å². The van der Waals surface area contributed by atoms with Crippen molar-refractivity contribution in [1.82, 2.24) is 0 Å². The molecule has 0 radical (unpaired) electrons. The normalized spacial score (nSPS) is 9.76. The molecule has 0 aromatic heterocycles. The number of aromatic hydroxyl groups is 1. The van der Waals surface area contributed by atoms with Gasteiger partial charge in [-0.1, -0.05) is 6.92 Å². The van der Waals surface area contributed by atoms with Gasteiger partial charge in [0.05, 0.1) is 7.11 Å². The number of carbonyl (C=O) groups is 2. The lowest BCUT2D eigenvalue weighted by Crippen LogP contribution is -2.11. The first-order chi connectivity index (χ1) is 8.08. The van der Waals surface area contributed by atoms with Crippen LogP contribution in [0.5, 0.6) is 5.75 Å². The number of methoxy groups -OCH3 is 1. The van der Waals surface area contributed by atoms with E-state index in [1.165, 1.54) is 19.2 Å². The minimum Gasteiger partial charge on any atom is -0.507 e. The van der Waals surface area contributed by atoms with E-state index in [0.29, 0.717) is 12.1 Å². The molecule has 5 nitrogen and oxygen atoms in total. The molecular weight excluding hydrogens is 222 g/mol. The number of benzene rings is 1. The maximum absolute atomic E-state index is 11.3. The maximum Gasteiger partial charge on any atom is 0.341 e. The molecule has 0 heterocycles. The molecule has 0 bridgehead atoms. The number of anilines is 1. The summed E-state index contributed by atoms with van der Waals surface area (Å²) in [5.74, 6) is -0.960. The number of ether oxygens (including phenoxy) is 1. The quantitative estimate of drug-likeness (QED) is 0.784. The summed E-state index contributed by atoms with van der Waals surface area (Å²) < 4.78 is 4.49. The molecule has 1 aromatic rings. The molecule has 0 saturated carbocycles. The van der Waals surface area contributed by atoms with Crippen LogP contribution in [0.3, 0.4) is 0 Å². The van der Waals surface area contributed by atoms with Gasteiger partial charge in [0.2, 0.25) is 5.91 Å². The van der Waals surface area contributed by atoms with E-state index in [9.17, 15) is 14.7 Å². The summed E-state index contributed by atoms with van der Waals surface area (Å²) in [5, 5.41) is 12.2. The first kappa shape index (κ1) is 13.0. The van der Waals surface area contributed by atoms with Gasteiger partial charge in [-0.15, -0.1) is 0 Å². The Morgan fingerprint density at radius 3 is 2.65 bits per heavy atom. The predicted octanol–water partition coefficient (Wildman–Crippen LogP) is 1.92. The fourth-order valence-electron chi connectivity index (χ4n) is 1.34. The second-order valence-corrected chi connectivity index (χ2v) is 3.52. The summed E-state index contributed by atoms with van der Waals surface area (Å²) in [6.45, 7) is 1.90. The summed E-state index contributed by atoms with van der Waals surface area (Å²) in [6, 6.07) is 4.27. The molecule has 0 aliphatic rings. The predicted molar refractivity (Wildman–Crippen MR) is 63.0 cm³/mol. The lowest BCUT2D eigenvalue weighted by Gasteiger charge is -2.07. The second kappa shape index (κ2) is 5.89. The fourth-order valence-corrected chi connectivity index (χ4v) is 1.34. The smallest absolute Gasteiger partial charge is 0.341 e. The molecule has 1 rings (SSSR count). The summed E-state index contributed by atoms with van der Waals surface area (Å²) in [5.41, 5.74) is 0.523. The van der Waals surface area contributed by atoms with E-state index < -0.39 is 5.97 Å². The van der Waals surface area contributed by atoms with E-state index in [0.717, 1.165) is 6.42 Å². The van der Waals surface area contributed by atoms with Crippen LogP contribution in [0.2, 0.25) is 0 Å². The minimum atomic E-state index is -0.617. The van der Waals surface area contributed by atoms with Crippen molar-refractivity contribution in [3.63, 3.8) is 0 Å². The molecule has 1 aromatic carbocycles. The number of hydrogen-bond donors (Lipinski definition) is 2. The number of rotatable bonds is 4. The topological polar surface area (TPSA) is 75.6 Å². The molecule has 0 aliphatic carbocycles. The van der Waals surface area contributed by atoms with E-state index in [4.69, 9.17) is 0 Å². The molecule has 0 fully saturated rings. The van der Waals surface area contributed by atoms with E-state index >= 15 is 0 Å². The Morgan fingerprint density at radius 1 is 1.41 bits per heavy atom. The number of carbonyl (C=O) groups excluding carboxylic acids is 2. The Labute approximate surface area is 99.4 Å². The largest absolute Gasteiger partial charge is 0.507 e. The van der Waals surface area contributed by atoms with Crippen LogP contribution in [0.25, 0.3) is 0 Å². The molecule has 5 heteroatoms. The SMILES string of the molecule is CCCC(=O)Nc1ccc(C(=O)OC)c(O)c1. The van der Waals surface area contributed by atoms with Crippen LogP contribution in [0.1, 0.15) is 30.1 Å². The van der Waals surface area contributed by atoms with Crippen molar-refractivity contribution in [3.05, 3.63) is 23.8 Å². The number of esters is 1. The molecule has 0 unspecified atom stereocenters. The average molecular weight is 237 g/mol. The monoisotopic (exact) mass is 237 g/mol. The molecule has 0 saturated heterocycles. The molecule has 0 aliphatic heterocycles. The van der Waals surface area contributed by atoms with Gasteiger partial charge in [0, 0.05) is 18.2 Å². The van der Waals surface area contributed by atoms with Crippen molar-refractivity contribution in [2.45, 2.75) is 19.8 Å². The number of nitrogens with one attached hydrogen (secondary N) is 1. The van der Waals surface area contributed by atoms with Crippen LogP contribution in [0.4, 0.5) is 5.69 Å². The third-order valence-electron chi connectivity index (χ3n) is 2.16. The van der Waals surface area contributed by atoms with Gasteiger partial charge < -0.3 is 15.2 Å². The molecule has 0 spiro atoms. The molecule has 92 valence electrons. The standard InChI is InChI=1S/C12H15NO4/c1-3-4-11(15)13-8-5-6-9(10(14)7-8)12(16)17-2/h5-7,14H,3-4H2,1-2H3,(H,13,15). The minimum absolute atomic E-state index is 0.0704. The molecule has 17 heavy (non-hydrogen) atoms. The average Bonchev–Trinajstić information content (AvgIpc) is 2.28. The zero-order chi connectivity index (χ0) is 12.8. The molecule has 2 N–H and O–H groups in total. The van der Waals surface area contributed by atoms with E-state index in [2.05, 4.69) is 10.1 Å². The number of hydrogen-bond acceptors (Lipinski definition) is 4. The van der Waals surface area contributed by atoms with Crippen molar-refractivity contribution >= 4 is 17.6 Å². The van der Waals surface area contributed by atoms with Crippen LogP contribution < -0.4 is 5.32 Å². The number of phenols is 1. The molecule has 0 atom stereocenters. The van der Waals surface area contributed by atoms with Crippen LogP contribution in [0, 0.1) is 0 Å². The Balaban J connectivity index is 2.82. The fraction of sp³-hybridized carbons (Fsp3) is 0.333. The third-order valence-corrected chi connectivity index (χ3v) is 2.16. The van der Waals surface area contributed by atoms with Gasteiger partial charge in [0.25, 0.3) is 0 Å². The van der Waals surface area contributed by atoms with E-state index in [-0.39, 0.29) is 17.2 Å². The van der Waals surface area contributed by atoms with Gasteiger partial charge >= 0.3 is 5.97 Å².